The van der Waals surface area contributed by atoms with E-state index in [2.05, 4.69) is 5.16 Å². The van der Waals surface area contributed by atoms with E-state index in [0.717, 1.165) is 5.39 Å². The first kappa shape index (κ1) is 17.9. The Balaban J connectivity index is 1.66. The minimum atomic E-state index is -0.871. The largest absolute Gasteiger partial charge is 0.503 e. The molecule has 2 aromatic carbocycles. The lowest BCUT2D eigenvalue weighted by Crippen LogP contribution is -2.31. The molecule has 3 heterocycles. The van der Waals surface area contributed by atoms with Crippen LogP contribution in [0.15, 0.2) is 87.0 Å². The number of hydrogen-bond donors (Lipinski definition) is 1. The highest BCUT2D eigenvalue weighted by molar-refractivity contribution is 6.20. The number of Topliss-reactive ketones (excluding diaryl/α,β-unsaturated/α-hetero) is 1. The Hall–Kier alpha value is -4.13. The summed E-state index contributed by atoms with van der Waals surface area (Å²) in [5.74, 6) is -1.16. The van der Waals surface area contributed by atoms with Crippen LogP contribution in [0.4, 0.5) is 5.82 Å². The molecule has 2 aromatic heterocycles. The van der Waals surface area contributed by atoms with Crippen molar-refractivity contribution in [3.8, 4) is 0 Å². The van der Waals surface area contributed by atoms with Crippen molar-refractivity contribution < 1.29 is 23.6 Å². The number of carbonyl (C=O) groups is 2. The number of aliphatic hydroxyl groups is 1. The van der Waals surface area contributed by atoms with Crippen LogP contribution < -0.4 is 4.90 Å². The summed E-state index contributed by atoms with van der Waals surface area (Å²) >= 11 is 0. The number of carbonyl (C=O) groups excluding carboxylic acids is 2. The number of anilines is 1. The third-order valence-electron chi connectivity index (χ3n) is 5.08. The van der Waals surface area contributed by atoms with Gasteiger partial charge in [0.2, 0.25) is 5.78 Å². The fourth-order valence-corrected chi connectivity index (χ4v) is 3.72. The number of aromatic nitrogens is 1. The van der Waals surface area contributed by atoms with E-state index >= 15 is 0 Å². The molecule has 0 aliphatic carbocycles. The number of ketones is 1. The topological polar surface area (TPSA) is 96.8 Å². The number of para-hydroxylation sites is 1. The summed E-state index contributed by atoms with van der Waals surface area (Å²) in [6, 6.07) is 18.5. The molecule has 0 spiro atoms. The summed E-state index contributed by atoms with van der Waals surface area (Å²) < 4.78 is 10.8. The number of hydrogen-bond acceptors (Lipinski definition) is 6. The maximum Gasteiger partial charge on any atom is 0.295 e. The van der Waals surface area contributed by atoms with Crippen LogP contribution in [-0.4, -0.2) is 22.0 Å². The normalized spacial score (nSPS) is 16.6. The molecule has 0 radical (unpaired) electrons. The molecular weight excluding hydrogens is 384 g/mol. The van der Waals surface area contributed by atoms with Gasteiger partial charge in [0, 0.05) is 11.5 Å². The molecule has 1 N–H and O–H groups in total. The Kier molecular flexibility index (Phi) is 4.03. The standard InChI is InChI=1S/C23H16N2O5/c1-13-11-18(24-30-13)25-20(14-7-3-2-4-8-14)19(22(27)23(25)28)21(26)17-12-15-9-5-6-10-16(15)29-17/h2-12,20,27H,1H3/t20-/m0/s1. The molecular formula is C23H16N2O5. The maximum atomic E-state index is 13.4. The number of aryl methyl sites for hydroxylation is 1. The van der Waals surface area contributed by atoms with Gasteiger partial charge in [0.25, 0.3) is 5.91 Å². The van der Waals surface area contributed by atoms with Crippen molar-refractivity contribution in [2.75, 3.05) is 4.90 Å². The summed E-state index contributed by atoms with van der Waals surface area (Å²) in [4.78, 5) is 27.6. The first-order valence-electron chi connectivity index (χ1n) is 9.33. The van der Waals surface area contributed by atoms with Crippen molar-refractivity contribution in [2.45, 2.75) is 13.0 Å². The fraction of sp³-hybridized carbons (Fsp3) is 0.0870. The zero-order valence-electron chi connectivity index (χ0n) is 15.9. The zero-order chi connectivity index (χ0) is 20.8. The van der Waals surface area contributed by atoms with Gasteiger partial charge in [-0.15, -0.1) is 0 Å². The van der Waals surface area contributed by atoms with E-state index in [1.807, 2.05) is 18.2 Å². The minimum absolute atomic E-state index is 0.0460. The monoisotopic (exact) mass is 400 g/mol. The van der Waals surface area contributed by atoms with Crippen LogP contribution in [0.3, 0.4) is 0 Å². The second-order valence-corrected chi connectivity index (χ2v) is 7.02. The second-order valence-electron chi connectivity index (χ2n) is 7.02. The summed E-state index contributed by atoms with van der Waals surface area (Å²) in [5.41, 5.74) is 1.13. The number of aliphatic hydroxyl groups excluding tert-OH is 1. The highest BCUT2D eigenvalue weighted by Gasteiger charge is 2.46. The molecule has 1 aliphatic heterocycles. The molecule has 4 aromatic rings. The van der Waals surface area contributed by atoms with Crippen molar-refractivity contribution >= 4 is 28.5 Å². The first-order valence-corrected chi connectivity index (χ1v) is 9.33. The number of amides is 1. The van der Waals surface area contributed by atoms with Gasteiger partial charge in [-0.2, -0.15) is 0 Å². The summed E-state index contributed by atoms with van der Waals surface area (Å²) in [7, 11) is 0. The molecule has 0 saturated heterocycles. The number of benzene rings is 2. The Labute approximate surface area is 170 Å². The minimum Gasteiger partial charge on any atom is -0.503 e. The highest BCUT2D eigenvalue weighted by Crippen LogP contribution is 2.42. The van der Waals surface area contributed by atoms with Crippen LogP contribution in [-0.2, 0) is 4.79 Å². The molecule has 0 unspecified atom stereocenters. The van der Waals surface area contributed by atoms with Gasteiger partial charge < -0.3 is 14.0 Å². The molecule has 0 saturated carbocycles. The van der Waals surface area contributed by atoms with Gasteiger partial charge in [-0.1, -0.05) is 53.7 Å². The van der Waals surface area contributed by atoms with Gasteiger partial charge >= 0.3 is 0 Å². The van der Waals surface area contributed by atoms with Crippen LogP contribution in [0, 0.1) is 6.92 Å². The summed E-state index contributed by atoms with van der Waals surface area (Å²) in [6.45, 7) is 1.70. The Bertz CT molecular complexity index is 1280. The number of nitrogens with zero attached hydrogens (tertiary/aromatic N) is 2. The molecule has 7 heteroatoms. The lowest BCUT2D eigenvalue weighted by Gasteiger charge is -2.24. The lowest BCUT2D eigenvalue weighted by atomic mass is 9.95. The van der Waals surface area contributed by atoms with Crippen LogP contribution in [0.2, 0.25) is 0 Å². The van der Waals surface area contributed by atoms with Gasteiger partial charge in [-0.25, -0.2) is 0 Å². The molecule has 1 amide bonds. The van der Waals surface area contributed by atoms with E-state index < -0.39 is 23.5 Å². The molecule has 148 valence electrons. The fourth-order valence-electron chi connectivity index (χ4n) is 3.72. The Morgan fingerprint density at radius 1 is 1.07 bits per heavy atom. The average Bonchev–Trinajstić information content (AvgIpc) is 3.45. The van der Waals surface area contributed by atoms with Gasteiger partial charge in [0.05, 0.1) is 11.6 Å². The molecule has 1 aliphatic rings. The van der Waals surface area contributed by atoms with Crippen LogP contribution in [0.25, 0.3) is 11.0 Å². The summed E-state index contributed by atoms with van der Waals surface area (Å²) in [5, 5.41) is 15.4. The van der Waals surface area contributed by atoms with Crippen LogP contribution >= 0.6 is 0 Å². The number of fused-ring (bicyclic) bond motifs is 1. The van der Waals surface area contributed by atoms with Crippen molar-refractivity contribution in [1.29, 1.82) is 0 Å². The molecule has 0 fully saturated rings. The lowest BCUT2D eigenvalue weighted by molar-refractivity contribution is -0.117. The Morgan fingerprint density at radius 2 is 1.80 bits per heavy atom. The van der Waals surface area contributed by atoms with Gasteiger partial charge in [0.15, 0.2) is 17.3 Å². The smallest absolute Gasteiger partial charge is 0.295 e. The predicted molar refractivity (Wildman–Crippen MR) is 108 cm³/mol. The SMILES string of the molecule is Cc1cc(N2C(=O)C(O)=C(C(=O)c3cc4ccccc4o3)[C@@H]2c2ccccc2)no1. The highest BCUT2D eigenvalue weighted by atomic mass is 16.5. The van der Waals surface area contributed by atoms with Crippen LogP contribution in [0.1, 0.15) is 27.9 Å². The third-order valence-corrected chi connectivity index (χ3v) is 5.08. The van der Waals surface area contributed by atoms with E-state index in [9.17, 15) is 14.7 Å². The molecule has 5 rings (SSSR count). The van der Waals surface area contributed by atoms with Crippen molar-refractivity contribution in [1.82, 2.24) is 5.16 Å². The molecule has 30 heavy (non-hydrogen) atoms. The van der Waals surface area contributed by atoms with E-state index in [4.69, 9.17) is 8.94 Å². The Morgan fingerprint density at radius 3 is 2.50 bits per heavy atom. The van der Waals surface area contributed by atoms with Gasteiger partial charge in [0.1, 0.15) is 11.3 Å². The van der Waals surface area contributed by atoms with E-state index in [1.165, 1.54) is 4.90 Å². The van der Waals surface area contributed by atoms with Crippen molar-refractivity contribution in [2.24, 2.45) is 0 Å². The van der Waals surface area contributed by atoms with Gasteiger partial charge in [-0.05, 0) is 24.6 Å². The quantitative estimate of drug-likeness (QED) is 0.506. The summed E-state index contributed by atoms with van der Waals surface area (Å²) in [6.07, 6.45) is 0. The second kappa shape index (κ2) is 6.73. The average molecular weight is 400 g/mol. The maximum absolute atomic E-state index is 13.4. The van der Waals surface area contributed by atoms with E-state index in [1.54, 1.807) is 55.5 Å². The molecule has 7 nitrogen and oxygen atoms in total. The predicted octanol–water partition coefficient (Wildman–Crippen LogP) is 4.51. The van der Waals surface area contributed by atoms with Gasteiger partial charge in [-0.3, -0.25) is 14.5 Å². The van der Waals surface area contributed by atoms with Crippen molar-refractivity contribution in [3.05, 3.63) is 95.1 Å². The number of furan rings is 1. The first-order chi connectivity index (χ1) is 14.5. The van der Waals surface area contributed by atoms with Crippen LogP contribution in [0.5, 0.6) is 0 Å². The third kappa shape index (κ3) is 2.71. The van der Waals surface area contributed by atoms with Crippen molar-refractivity contribution in [3.63, 3.8) is 0 Å². The number of rotatable bonds is 4. The molecule has 1 atom stereocenters. The van der Waals surface area contributed by atoms with E-state index in [0.29, 0.717) is 16.9 Å². The van der Waals surface area contributed by atoms with E-state index in [-0.39, 0.29) is 17.2 Å². The molecule has 0 bridgehead atoms. The zero-order valence-corrected chi connectivity index (χ0v) is 15.9.